The van der Waals surface area contributed by atoms with Crippen LogP contribution in [0.4, 0.5) is 0 Å². The Bertz CT molecular complexity index is 758. The maximum Gasteiger partial charge on any atom is 0.191 e. The molecule has 2 unspecified atom stereocenters. The second-order valence-corrected chi connectivity index (χ2v) is 8.00. The lowest BCUT2D eigenvalue weighted by Crippen LogP contribution is -2.46. The van der Waals surface area contributed by atoms with Crippen LogP contribution < -0.4 is 10.6 Å². The molecule has 0 radical (unpaired) electrons. The third-order valence-corrected chi connectivity index (χ3v) is 5.33. The van der Waals surface area contributed by atoms with Crippen molar-refractivity contribution in [2.24, 2.45) is 10.9 Å². The van der Waals surface area contributed by atoms with Crippen LogP contribution in [0.15, 0.2) is 47.7 Å². The quantitative estimate of drug-likeness (QED) is 0.341. The van der Waals surface area contributed by atoms with Crippen LogP contribution in [0.2, 0.25) is 0 Å². The third-order valence-electron chi connectivity index (χ3n) is 5.33. The lowest BCUT2D eigenvalue weighted by molar-refractivity contribution is 0.265. The molecular formula is C22H35IN6. The molecule has 0 aliphatic carbocycles. The number of nitrogens with zero attached hydrogens (tertiary/aromatic N) is 4. The summed E-state index contributed by atoms with van der Waals surface area (Å²) in [6.45, 7) is 13.4. The molecule has 0 saturated carbocycles. The summed E-state index contributed by atoms with van der Waals surface area (Å²) in [6.07, 6.45) is 3.99. The molecule has 160 valence electrons. The third kappa shape index (κ3) is 6.99. The second-order valence-electron chi connectivity index (χ2n) is 8.00. The molecule has 0 bridgehead atoms. The highest BCUT2D eigenvalue weighted by Crippen LogP contribution is 2.18. The number of benzene rings is 1. The summed E-state index contributed by atoms with van der Waals surface area (Å²) in [7, 11) is 0. The highest BCUT2D eigenvalue weighted by atomic mass is 127. The summed E-state index contributed by atoms with van der Waals surface area (Å²) in [4.78, 5) is 7.32. The van der Waals surface area contributed by atoms with E-state index in [4.69, 9.17) is 4.99 Å². The van der Waals surface area contributed by atoms with Crippen molar-refractivity contribution in [1.29, 1.82) is 0 Å². The first-order valence-corrected chi connectivity index (χ1v) is 10.4. The normalized spacial score (nSPS) is 20.0. The fourth-order valence-electron chi connectivity index (χ4n) is 3.62. The minimum absolute atomic E-state index is 0. The topological polar surface area (TPSA) is 57.5 Å². The summed E-state index contributed by atoms with van der Waals surface area (Å²) < 4.78 is 1.97. The Morgan fingerprint density at radius 2 is 1.97 bits per heavy atom. The smallest absolute Gasteiger partial charge is 0.191 e. The number of guanidine groups is 1. The summed E-state index contributed by atoms with van der Waals surface area (Å²) in [5, 5.41) is 11.5. The molecule has 2 atom stereocenters. The Morgan fingerprint density at radius 3 is 2.62 bits per heavy atom. The Labute approximate surface area is 192 Å². The zero-order chi connectivity index (χ0) is 19.9. The lowest BCUT2D eigenvalue weighted by Gasteiger charge is -2.21. The number of rotatable bonds is 7. The number of hydrogen-bond donors (Lipinski definition) is 2. The molecule has 1 aliphatic rings. The zero-order valence-electron chi connectivity index (χ0n) is 18.0. The first kappa shape index (κ1) is 23.7. The van der Waals surface area contributed by atoms with Gasteiger partial charge < -0.3 is 10.6 Å². The average Bonchev–Trinajstić information content (AvgIpc) is 3.27. The van der Waals surface area contributed by atoms with Gasteiger partial charge in [-0.1, -0.05) is 37.3 Å². The van der Waals surface area contributed by atoms with E-state index in [0.717, 1.165) is 37.7 Å². The number of aromatic nitrogens is 2. The van der Waals surface area contributed by atoms with Crippen molar-refractivity contribution in [2.45, 2.75) is 52.9 Å². The highest BCUT2D eigenvalue weighted by molar-refractivity contribution is 14.0. The fraction of sp³-hybridized carbons (Fsp3) is 0.545. The van der Waals surface area contributed by atoms with E-state index in [1.54, 1.807) is 0 Å². The van der Waals surface area contributed by atoms with Crippen molar-refractivity contribution in [2.75, 3.05) is 19.6 Å². The van der Waals surface area contributed by atoms with Gasteiger partial charge in [0.05, 0.1) is 19.3 Å². The van der Waals surface area contributed by atoms with Crippen molar-refractivity contribution in [3.8, 4) is 0 Å². The van der Waals surface area contributed by atoms with Crippen LogP contribution in [0.25, 0.3) is 0 Å². The molecule has 2 N–H and O–H groups in total. The van der Waals surface area contributed by atoms with Gasteiger partial charge in [0.1, 0.15) is 0 Å². The van der Waals surface area contributed by atoms with Gasteiger partial charge in [-0.05, 0) is 32.3 Å². The van der Waals surface area contributed by atoms with Gasteiger partial charge in [-0.25, -0.2) is 4.99 Å². The van der Waals surface area contributed by atoms with Gasteiger partial charge in [0.2, 0.25) is 0 Å². The first-order valence-electron chi connectivity index (χ1n) is 10.4. The van der Waals surface area contributed by atoms with E-state index in [9.17, 15) is 0 Å². The van der Waals surface area contributed by atoms with Gasteiger partial charge in [-0.15, -0.1) is 24.0 Å². The van der Waals surface area contributed by atoms with E-state index < -0.39 is 0 Å². The van der Waals surface area contributed by atoms with Gasteiger partial charge in [-0.2, -0.15) is 5.10 Å². The molecule has 1 aromatic heterocycles. The largest absolute Gasteiger partial charge is 0.357 e. The summed E-state index contributed by atoms with van der Waals surface area (Å²) in [6, 6.07) is 11.4. The maximum absolute atomic E-state index is 4.79. The van der Waals surface area contributed by atoms with Gasteiger partial charge in [0.25, 0.3) is 0 Å². The van der Waals surface area contributed by atoms with Crippen molar-refractivity contribution >= 4 is 29.9 Å². The molecule has 2 heterocycles. The molecule has 0 amide bonds. The standard InChI is InChI=1S/C22H34N6.HI/c1-5-23-22(26-21-16-27(17(2)3)13-18(21)4)24-11-20-12-25-28(15-20)14-19-9-7-6-8-10-19;/h6-10,12,15,17-18,21H,5,11,13-14,16H2,1-4H3,(H2,23,24,26);1H. The molecule has 29 heavy (non-hydrogen) atoms. The number of halogens is 1. The van der Waals surface area contributed by atoms with Gasteiger partial charge >= 0.3 is 0 Å². The van der Waals surface area contributed by atoms with Crippen LogP contribution >= 0.6 is 24.0 Å². The number of nitrogens with one attached hydrogen (secondary N) is 2. The van der Waals surface area contributed by atoms with Crippen LogP contribution in [0, 0.1) is 5.92 Å². The van der Waals surface area contributed by atoms with Gasteiger partial charge in [0.15, 0.2) is 5.96 Å². The monoisotopic (exact) mass is 510 g/mol. The van der Waals surface area contributed by atoms with E-state index in [1.165, 1.54) is 5.56 Å². The second kappa shape index (κ2) is 11.5. The molecule has 7 heteroatoms. The van der Waals surface area contributed by atoms with Crippen molar-refractivity contribution in [3.63, 3.8) is 0 Å². The van der Waals surface area contributed by atoms with Crippen molar-refractivity contribution < 1.29 is 0 Å². The Hall–Kier alpha value is -1.61. The highest BCUT2D eigenvalue weighted by Gasteiger charge is 2.31. The molecule has 3 rings (SSSR count). The SMILES string of the molecule is CCNC(=NCc1cnn(Cc2ccccc2)c1)NC1CN(C(C)C)CC1C.I. The first-order chi connectivity index (χ1) is 13.5. The minimum atomic E-state index is 0. The van der Waals surface area contributed by atoms with Gasteiger partial charge in [0, 0.05) is 43.5 Å². The van der Waals surface area contributed by atoms with Crippen LogP contribution in [-0.2, 0) is 13.1 Å². The molecule has 1 saturated heterocycles. The Morgan fingerprint density at radius 1 is 1.21 bits per heavy atom. The molecule has 6 nitrogen and oxygen atoms in total. The Kier molecular flexibility index (Phi) is 9.42. The minimum Gasteiger partial charge on any atom is -0.357 e. The average molecular weight is 510 g/mol. The predicted octanol–water partition coefficient (Wildman–Crippen LogP) is 3.33. The van der Waals surface area contributed by atoms with E-state index in [-0.39, 0.29) is 24.0 Å². The van der Waals surface area contributed by atoms with Crippen LogP contribution in [0.5, 0.6) is 0 Å². The molecule has 0 spiro atoms. The van der Waals surface area contributed by atoms with Crippen LogP contribution in [-0.4, -0.2) is 52.4 Å². The molecule has 1 fully saturated rings. The van der Waals surface area contributed by atoms with Crippen LogP contribution in [0.3, 0.4) is 0 Å². The van der Waals surface area contributed by atoms with Crippen LogP contribution in [0.1, 0.15) is 38.8 Å². The Balaban J connectivity index is 0.00000300. The number of hydrogen-bond acceptors (Lipinski definition) is 3. The summed E-state index contributed by atoms with van der Waals surface area (Å²) in [5.74, 6) is 1.50. The van der Waals surface area contributed by atoms with Crippen molar-refractivity contribution in [3.05, 3.63) is 53.9 Å². The zero-order valence-corrected chi connectivity index (χ0v) is 20.3. The number of aliphatic imine (C=N–C) groups is 1. The van der Waals surface area contributed by atoms with E-state index in [2.05, 4.69) is 78.8 Å². The summed E-state index contributed by atoms with van der Waals surface area (Å²) >= 11 is 0. The van der Waals surface area contributed by atoms with Gasteiger partial charge in [-0.3, -0.25) is 9.58 Å². The number of likely N-dealkylation sites (tertiary alicyclic amines) is 1. The fourth-order valence-corrected chi connectivity index (χ4v) is 3.62. The predicted molar refractivity (Wildman–Crippen MR) is 131 cm³/mol. The van der Waals surface area contributed by atoms with E-state index in [1.807, 2.05) is 16.9 Å². The van der Waals surface area contributed by atoms with E-state index in [0.29, 0.717) is 24.5 Å². The molecular weight excluding hydrogens is 475 g/mol. The summed E-state index contributed by atoms with van der Waals surface area (Å²) in [5.41, 5.74) is 2.37. The lowest BCUT2D eigenvalue weighted by atomic mass is 10.1. The maximum atomic E-state index is 4.79. The van der Waals surface area contributed by atoms with Crippen molar-refractivity contribution in [1.82, 2.24) is 25.3 Å². The molecule has 1 aliphatic heterocycles. The molecule has 1 aromatic carbocycles. The van der Waals surface area contributed by atoms with E-state index >= 15 is 0 Å². The molecule has 2 aromatic rings.